The zero-order valence-electron chi connectivity index (χ0n) is 12.4. The Kier molecular flexibility index (Phi) is 5.00. The Morgan fingerprint density at radius 3 is 2.85 bits per heavy atom. The minimum atomic E-state index is 0.517. The number of rotatable bonds is 5. The van der Waals surface area contributed by atoms with Crippen LogP contribution in [0.2, 0.25) is 0 Å². The first-order valence-electron chi connectivity index (χ1n) is 7.81. The van der Waals surface area contributed by atoms with E-state index in [0.717, 1.165) is 6.54 Å². The van der Waals surface area contributed by atoms with E-state index < -0.39 is 0 Å². The number of thioether (sulfide) groups is 2. The molecule has 0 radical (unpaired) electrons. The highest BCUT2D eigenvalue weighted by Gasteiger charge is 2.31. The molecule has 1 aromatic carbocycles. The molecule has 1 saturated carbocycles. The monoisotopic (exact) mass is 307 g/mol. The molecule has 1 atom stereocenters. The van der Waals surface area contributed by atoms with Crippen LogP contribution in [-0.4, -0.2) is 29.8 Å². The van der Waals surface area contributed by atoms with Crippen LogP contribution in [0.1, 0.15) is 43.6 Å². The maximum atomic E-state index is 3.80. The summed E-state index contributed by atoms with van der Waals surface area (Å²) in [6.07, 6.45) is 9.38. The minimum absolute atomic E-state index is 0.517. The zero-order chi connectivity index (χ0) is 13.8. The standard InChI is InChI=1S/C17H25NS2/c1-19-17(9-5-2-6-10-17)13-18-11-14-12-20-16-8-4-3-7-15(14)16/h3-4,7-8,14,18H,2,5-6,9-13H2,1H3. The lowest BCUT2D eigenvalue weighted by molar-refractivity contribution is 0.377. The molecule has 1 heterocycles. The van der Waals surface area contributed by atoms with Crippen molar-refractivity contribution in [3.8, 4) is 0 Å². The molecule has 110 valence electrons. The fraction of sp³-hybridized carbons (Fsp3) is 0.647. The molecule has 0 bridgehead atoms. The Labute approximate surface area is 131 Å². The summed E-state index contributed by atoms with van der Waals surface area (Å²) >= 11 is 4.12. The SMILES string of the molecule is CSC1(CNCC2CSc3ccccc32)CCCCC1. The van der Waals surface area contributed by atoms with Gasteiger partial charge in [-0.3, -0.25) is 0 Å². The van der Waals surface area contributed by atoms with E-state index in [1.807, 2.05) is 11.8 Å². The van der Waals surface area contributed by atoms with Gasteiger partial charge in [0, 0.05) is 34.4 Å². The molecule has 1 unspecified atom stereocenters. The average Bonchev–Trinajstić information content (AvgIpc) is 2.92. The first-order chi connectivity index (χ1) is 9.83. The Morgan fingerprint density at radius 1 is 1.25 bits per heavy atom. The molecule has 1 N–H and O–H groups in total. The van der Waals surface area contributed by atoms with Gasteiger partial charge in [0.05, 0.1) is 0 Å². The molecule has 1 aliphatic heterocycles. The van der Waals surface area contributed by atoms with Crippen molar-refractivity contribution < 1.29 is 0 Å². The highest BCUT2D eigenvalue weighted by Crippen LogP contribution is 2.40. The van der Waals surface area contributed by atoms with E-state index in [2.05, 4.69) is 47.6 Å². The maximum absolute atomic E-state index is 3.80. The van der Waals surface area contributed by atoms with Gasteiger partial charge in [-0.1, -0.05) is 37.5 Å². The fourth-order valence-electron chi connectivity index (χ4n) is 3.52. The summed E-state index contributed by atoms with van der Waals surface area (Å²) in [4.78, 5) is 1.50. The number of hydrogen-bond donors (Lipinski definition) is 1. The van der Waals surface area contributed by atoms with Crippen LogP contribution in [0.5, 0.6) is 0 Å². The lowest BCUT2D eigenvalue weighted by atomic mass is 9.88. The number of benzene rings is 1. The van der Waals surface area contributed by atoms with E-state index in [0.29, 0.717) is 10.7 Å². The van der Waals surface area contributed by atoms with E-state index in [9.17, 15) is 0 Å². The van der Waals surface area contributed by atoms with Crippen molar-refractivity contribution in [2.75, 3.05) is 25.1 Å². The van der Waals surface area contributed by atoms with E-state index in [4.69, 9.17) is 0 Å². The molecule has 3 heteroatoms. The van der Waals surface area contributed by atoms with Gasteiger partial charge in [0.2, 0.25) is 0 Å². The van der Waals surface area contributed by atoms with Gasteiger partial charge in [-0.25, -0.2) is 0 Å². The second-order valence-corrected chi connectivity index (χ2v) is 8.46. The molecule has 1 aliphatic carbocycles. The van der Waals surface area contributed by atoms with Crippen molar-refractivity contribution in [3.05, 3.63) is 29.8 Å². The van der Waals surface area contributed by atoms with Gasteiger partial charge in [-0.05, 0) is 30.7 Å². The summed E-state index contributed by atoms with van der Waals surface area (Å²) in [6.45, 7) is 2.34. The molecule has 1 aromatic rings. The molecule has 0 saturated heterocycles. The van der Waals surface area contributed by atoms with E-state index in [-0.39, 0.29) is 0 Å². The van der Waals surface area contributed by atoms with Crippen LogP contribution in [0.4, 0.5) is 0 Å². The fourth-order valence-corrected chi connectivity index (χ4v) is 5.72. The first-order valence-corrected chi connectivity index (χ1v) is 10.0. The second kappa shape index (κ2) is 6.76. The summed E-state index contributed by atoms with van der Waals surface area (Å²) in [6, 6.07) is 8.92. The highest BCUT2D eigenvalue weighted by molar-refractivity contribution is 8.00. The van der Waals surface area contributed by atoms with Crippen molar-refractivity contribution >= 4 is 23.5 Å². The largest absolute Gasteiger partial charge is 0.315 e. The Hall–Kier alpha value is -0.120. The van der Waals surface area contributed by atoms with E-state index >= 15 is 0 Å². The summed E-state index contributed by atoms with van der Waals surface area (Å²) in [5.74, 6) is 1.96. The maximum Gasteiger partial charge on any atom is 0.0281 e. The van der Waals surface area contributed by atoms with Crippen LogP contribution < -0.4 is 5.32 Å². The number of nitrogens with one attached hydrogen (secondary N) is 1. The van der Waals surface area contributed by atoms with Crippen LogP contribution in [-0.2, 0) is 0 Å². The predicted molar refractivity (Wildman–Crippen MR) is 92.1 cm³/mol. The third kappa shape index (κ3) is 3.20. The first kappa shape index (κ1) is 14.8. The smallest absolute Gasteiger partial charge is 0.0281 e. The molecule has 0 spiro atoms. The summed E-state index contributed by atoms with van der Waals surface area (Å²) in [7, 11) is 0. The Balaban J connectivity index is 1.53. The molecular weight excluding hydrogens is 282 g/mol. The lowest BCUT2D eigenvalue weighted by Gasteiger charge is -2.36. The van der Waals surface area contributed by atoms with Gasteiger partial charge in [0.25, 0.3) is 0 Å². The Bertz CT molecular complexity index is 440. The predicted octanol–water partition coefficient (Wildman–Crippen LogP) is 4.53. The van der Waals surface area contributed by atoms with E-state index in [1.165, 1.54) is 49.3 Å². The summed E-state index contributed by atoms with van der Waals surface area (Å²) in [5.41, 5.74) is 1.56. The van der Waals surface area contributed by atoms with Crippen LogP contribution in [0.15, 0.2) is 29.2 Å². The molecule has 1 fully saturated rings. The summed E-state index contributed by atoms with van der Waals surface area (Å²) in [5, 5.41) is 3.80. The van der Waals surface area contributed by atoms with Crippen molar-refractivity contribution in [1.82, 2.24) is 5.32 Å². The molecular formula is C17H25NS2. The lowest BCUT2D eigenvalue weighted by Crippen LogP contribution is -2.40. The second-order valence-electron chi connectivity index (χ2n) is 6.12. The third-order valence-electron chi connectivity index (χ3n) is 4.83. The molecule has 1 nitrogen and oxygen atoms in total. The van der Waals surface area contributed by atoms with E-state index in [1.54, 1.807) is 5.56 Å². The van der Waals surface area contributed by atoms with Crippen molar-refractivity contribution in [2.24, 2.45) is 0 Å². The number of hydrogen-bond acceptors (Lipinski definition) is 3. The average molecular weight is 308 g/mol. The molecule has 0 amide bonds. The highest BCUT2D eigenvalue weighted by atomic mass is 32.2. The van der Waals surface area contributed by atoms with Gasteiger partial charge in [0.1, 0.15) is 0 Å². The minimum Gasteiger partial charge on any atom is -0.315 e. The van der Waals surface area contributed by atoms with Gasteiger partial charge in [0.15, 0.2) is 0 Å². The normalized spacial score (nSPS) is 24.6. The van der Waals surface area contributed by atoms with Crippen LogP contribution in [0.25, 0.3) is 0 Å². The molecule has 20 heavy (non-hydrogen) atoms. The molecule has 0 aromatic heterocycles. The van der Waals surface area contributed by atoms with Gasteiger partial charge < -0.3 is 5.32 Å². The van der Waals surface area contributed by atoms with Crippen molar-refractivity contribution in [2.45, 2.75) is 47.7 Å². The number of fused-ring (bicyclic) bond motifs is 1. The Morgan fingerprint density at radius 2 is 2.05 bits per heavy atom. The van der Waals surface area contributed by atoms with Crippen LogP contribution in [0, 0.1) is 0 Å². The molecule has 2 aliphatic rings. The van der Waals surface area contributed by atoms with Crippen LogP contribution in [0.3, 0.4) is 0 Å². The zero-order valence-corrected chi connectivity index (χ0v) is 14.0. The van der Waals surface area contributed by atoms with Gasteiger partial charge >= 0.3 is 0 Å². The third-order valence-corrected chi connectivity index (χ3v) is 7.50. The van der Waals surface area contributed by atoms with Crippen LogP contribution >= 0.6 is 23.5 Å². The van der Waals surface area contributed by atoms with Gasteiger partial charge in [-0.2, -0.15) is 11.8 Å². The quantitative estimate of drug-likeness (QED) is 0.858. The summed E-state index contributed by atoms with van der Waals surface area (Å²) < 4.78 is 0.517. The van der Waals surface area contributed by atoms with Crippen molar-refractivity contribution in [3.63, 3.8) is 0 Å². The van der Waals surface area contributed by atoms with Crippen molar-refractivity contribution in [1.29, 1.82) is 0 Å². The van der Waals surface area contributed by atoms with Gasteiger partial charge in [-0.15, -0.1) is 11.8 Å². The topological polar surface area (TPSA) is 12.0 Å². The molecule has 3 rings (SSSR count).